The molecule has 3 aromatic rings. The third kappa shape index (κ3) is 2.58. The predicted octanol–water partition coefficient (Wildman–Crippen LogP) is 3.10. The van der Waals surface area contributed by atoms with Gasteiger partial charge in [0.25, 0.3) is 5.91 Å². The number of ether oxygens (including phenoxy) is 2. The van der Waals surface area contributed by atoms with Crippen molar-refractivity contribution >= 4 is 34.2 Å². The number of carbonyl (C=O) groups is 1. The van der Waals surface area contributed by atoms with E-state index in [2.05, 4.69) is 9.97 Å². The fourth-order valence-corrected chi connectivity index (χ4v) is 3.96. The molecule has 0 radical (unpaired) electrons. The molecule has 28 heavy (non-hydrogen) atoms. The summed E-state index contributed by atoms with van der Waals surface area (Å²) in [6.07, 6.45) is 1.59. The Bertz CT molecular complexity index is 1130. The molecule has 0 spiro atoms. The molecule has 5 rings (SSSR count). The Kier molecular flexibility index (Phi) is 3.89. The standard InChI is InChI=1S/C20H17ClN4O3/c1-25(17-9-28-18-4-10(21)2-3-11(17)18)20(26)15-5-12-13-7-27-8-14(13)19(22)24-16(12)6-23-15/h2-6,17H,7-9H2,1H3,(H2,22,24)/t17-/m1/s1. The summed E-state index contributed by atoms with van der Waals surface area (Å²) in [5, 5.41) is 1.45. The van der Waals surface area contributed by atoms with E-state index < -0.39 is 0 Å². The highest BCUT2D eigenvalue weighted by Crippen LogP contribution is 2.38. The van der Waals surface area contributed by atoms with Crippen molar-refractivity contribution in [3.05, 3.63) is 57.9 Å². The van der Waals surface area contributed by atoms with Gasteiger partial charge in [0.1, 0.15) is 23.9 Å². The maximum Gasteiger partial charge on any atom is 0.272 e. The van der Waals surface area contributed by atoms with Crippen LogP contribution in [0.1, 0.15) is 33.2 Å². The highest BCUT2D eigenvalue weighted by molar-refractivity contribution is 6.30. The van der Waals surface area contributed by atoms with Crippen molar-refractivity contribution in [2.24, 2.45) is 0 Å². The van der Waals surface area contributed by atoms with Gasteiger partial charge in [-0.2, -0.15) is 0 Å². The summed E-state index contributed by atoms with van der Waals surface area (Å²) in [6, 6.07) is 7.03. The second kappa shape index (κ2) is 6.32. The van der Waals surface area contributed by atoms with Gasteiger partial charge in [-0.3, -0.25) is 4.79 Å². The lowest BCUT2D eigenvalue weighted by atomic mass is 10.0. The van der Waals surface area contributed by atoms with Crippen molar-refractivity contribution in [2.45, 2.75) is 19.3 Å². The van der Waals surface area contributed by atoms with Gasteiger partial charge in [0.2, 0.25) is 0 Å². The second-order valence-electron chi connectivity index (χ2n) is 6.96. The summed E-state index contributed by atoms with van der Waals surface area (Å²) < 4.78 is 11.2. The first kappa shape index (κ1) is 17.2. The molecule has 0 aliphatic carbocycles. The fraction of sp³-hybridized carbons (Fsp3) is 0.250. The van der Waals surface area contributed by atoms with Gasteiger partial charge < -0.3 is 20.1 Å². The minimum atomic E-state index is -0.198. The lowest BCUT2D eigenvalue weighted by Crippen LogP contribution is -2.32. The first-order valence-corrected chi connectivity index (χ1v) is 9.25. The van der Waals surface area contributed by atoms with Gasteiger partial charge in [-0.05, 0) is 23.8 Å². The van der Waals surface area contributed by atoms with E-state index in [1.165, 1.54) is 0 Å². The predicted molar refractivity (Wildman–Crippen MR) is 104 cm³/mol. The van der Waals surface area contributed by atoms with Crippen LogP contribution in [0.5, 0.6) is 5.75 Å². The van der Waals surface area contributed by atoms with Gasteiger partial charge in [0.15, 0.2) is 0 Å². The van der Waals surface area contributed by atoms with Crippen LogP contribution in [0.25, 0.3) is 10.9 Å². The Morgan fingerprint density at radius 3 is 2.96 bits per heavy atom. The fourth-order valence-electron chi connectivity index (χ4n) is 3.80. The summed E-state index contributed by atoms with van der Waals surface area (Å²) >= 11 is 6.03. The van der Waals surface area contributed by atoms with Crippen LogP contribution in [0.4, 0.5) is 5.82 Å². The van der Waals surface area contributed by atoms with Crippen molar-refractivity contribution < 1.29 is 14.3 Å². The number of likely N-dealkylation sites (N-methyl/N-ethyl adjacent to an activating group) is 1. The molecule has 2 aromatic heterocycles. The number of nitrogens with two attached hydrogens (primary N) is 1. The largest absolute Gasteiger partial charge is 0.491 e. The summed E-state index contributed by atoms with van der Waals surface area (Å²) in [6.45, 7) is 1.28. The maximum absolute atomic E-state index is 13.1. The number of nitrogen functional groups attached to an aromatic ring is 1. The van der Waals surface area contributed by atoms with Gasteiger partial charge in [0.05, 0.1) is 31.0 Å². The third-order valence-electron chi connectivity index (χ3n) is 5.35. The van der Waals surface area contributed by atoms with Gasteiger partial charge in [-0.1, -0.05) is 17.7 Å². The number of nitrogens with zero attached hydrogens (tertiary/aromatic N) is 3. The SMILES string of the molecule is CN(C(=O)c1cc2c3c(c(N)nc2cn1)COC3)[C@@H]1COc2cc(Cl)ccc21. The van der Waals surface area contributed by atoms with Crippen LogP contribution in [-0.2, 0) is 18.0 Å². The molecule has 4 heterocycles. The number of rotatable bonds is 2. The molecule has 0 fully saturated rings. The topological polar surface area (TPSA) is 90.6 Å². The van der Waals surface area contributed by atoms with E-state index in [9.17, 15) is 4.79 Å². The third-order valence-corrected chi connectivity index (χ3v) is 5.59. The average Bonchev–Trinajstić information content (AvgIpc) is 3.34. The molecule has 0 saturated carbocycles. The summed E-state index contributed by atoms with van der Waals surface area (Å²) in [5.74, 6) is 0.970. The zero-order valence-electron chi connectivity index (χ0n) is 15.1. The maximum atomic E-state index is 13.1. The number of pyridine rings is 2. The number of hydrogen-bond acceptors (Lipinski definition) is 6. The Balaban J connectivity index is 1.51. The summed E-state index contributed by atoms with van der Waals surface area (Å²) in [5.41, 5.74) is 9.81. The molecular weight excluding hydrogens is 380 g/mol. The molecule has 7 nitrogen and oxygen atoms in total. The number of amides is 1. The zero-order valence-corrected chi connectivity index (χ0v) is 15.9. The number of anilines is 1. The smallest absolute Gasteiger partial charge is 0.272 e. The molecule has 2 N–H and O–H groups in total. The Morgan fingerprint density at radius 1 is 1.29 bits per heavy atom. The molecule has 2 aliphatic rings. The lowest BCUT2D eigenvalue weighted by Gasteiger charge is -2.23. The monoisotopic (exact) mass is 396 g/mol. The van der Waals surface area contributed by atoms with Gasteiger partial charge >= 0.3 is 0 Å². The number of carbonyl (C=O) groups excluding carboxylic acids is 1. The van der Waals surface area contributed by atoms with E-state index in [1.807, 2.05) is 6.07 Å². The van der Waals surface area contributed by atoms with Gasteiger partial charge in [-0.25, -0.2) is 9.97 Å². The van der Waals surface area contributed by atoms with Crippen LogP contribution in [0.15, 0.2) is 30.5 Å². The normalized spacial score (nSPS) is 17.3. The van der Waals surface area contributed by atoms with Crippen molar-refractivity contribution in [3.8, 4) is 5.75 Å². The molecule has 0 saturated heterocycles. The number of fused-ring (bicyclic) bond motifs is 4. The van der Waals surface area contributed by atoms with Crippen LogP contribution < -0.4 is 10.5 Å². The van der Waals surface area contributed by atoms with E-state index in [0.29, 0.717) is 47.6 Å². The molecule has 1 amide bonds. The molecule has 1 atom stereocenters. The Labute approximate surface area is 166 Å². The molecule has 142 valence electrons. The number of hydrogen-bond donors (Lipinski definition) is 1. The second-order valence-corrected chi connectivity index (χ2v) is 7.40. The number of benzene rings is 1. The Hall–Kier alpha value is -2.90. The zero-order chi connectivity index (χ0) is 19.4. The Morgan fingerprint density at radius 2 is 2.11 bits per heavy atom. The van der Waals surface area contributed by atoms with E-state index >= 15 is 0 Å². The first-order chi connectivity index (χ1) is 13.5. The first-order valence-electron chi connectivity index (χ1n) is 8.87. The van der Waals surface area contributed by atoms with E-state index in [0.717, 1.165) is 22.1 Å². The van der Waals surface area contributed by atoms with Crippen molar-refractivity contribution in [1.82, 2.24) is 14.9 Å². The van der Waals surface area contributed by atoms with E-state index in [4.69, 9.17) is 26.8 Å². The number of halogens is 1. The van der Waals surface area contributed by atoms with Crippen LogP contribution in [0, 0.1) is 0 Å². The van der Waals surface area contributed by atoms with E-state index in [1.54, 1.807) is 36.3 Å². The van der Waals surface area contributed by atoms with Gasteiger partial charge in [-0.15, -0.1) is 0 Å². The van der Waals surface area contributed by atoms with Crippen molar-refractivity contribution in [2.75, 3.05) is 19.4 Å². The highest BCUT2D eigenvalue weighted by Gasteiger charge is 2.31. The van der Waals surface area contributed by atoms with Crippen LogP contribution >= 0.6 is 11.6 Å². The molecular formula is C20H17ClN4O3. The average molecular weight is 397 g/mol. The van der Waals surface area contributed by atoms with E-state index in [-0.39, 0.29) is 11.9 Å². The molecule has 1 aromatic carbocycles. The molecule has 0 unspecified atom stereocenters. The quantitative estimate of drug-likeness (QED) is 0.715. The number of aromatic nitrogens is 2. The summed E-state index contributed by atoms with van der Waals surface area (Å²) in [7, 11) is 1.75. The highest BCUT2D eigenvalue weighted by atomic mass is 35.5. The van der Waals surface area contributed by atoms with Crippen LogP contribution in [-0.4, -0.2) is 34.4 Å². The van der Waals surface area contributed by atoms with Crippen LogP contribution in [0.2, 0.25) is 5.02 Å². The summed E-state index contributed by atoms with van der Waals surface area (Å²) in [4.78, 5) is 23.5. The van der Waals surface area contributed by atoms with Crippen molar-refractivity contribution in [3.63, 3.8) is 0 Å². The minimum Gasteiger partial charge on any atom is -0.491 e. The lowest BCUT2D eigenvalue weighted by molar-refractivity contribution is 0.0703. The minimum absolute atomic E-state index is 0.192. The van der Waals surface area contributed by atoms with Crippen LogP contribution in [0.3, 0.4) is 0 Å². The molecule has 8 heteroatoms. The van der Waals surface area contributed by atoms with Crippen molar-refractivity contribution in [1.29, 1.82) is 0 Å². The molecule has 2 aliphatic heterocycles. The molecule has 0 bridgehead atoms. The van der Waals surface area contributed by atoms with Gasteiger partial charge in [0, 0.05) is 28.6 Å².